The van der Waals surface area contributed by atoms with Crippen LogP contribution in [0.25, 0.3) is 0 Å². The zero-order chi connectivity index (χ0) is 30.3. The molecule has 0 saturated carbocycles. The summed E-state index contributed by atoms with van der Waals surface area (Å²) >= 11 is 0. The summed E-state index contributed by atoms with van der Waals surface area (Å²) in [6, 6.07) is 29.7. The molecule has 0 aliphatic rings. The van der Waals surface area contributed by atoms with Gasteiger partial charge in [0.2, 0.25) is 11.8 Å². The summed E-state index contributed by atoms with van der Waals surface area (Å²) in [4.78, 5) is 29.3. The third kappa shape index (κ3) is 7.06. The minimum atomic E-state index is -4.12. The first-order valence-corrected chi connectivity index (χ1v) is 15.3. The molecule has 218 valence electrons. The van der Waals surface area contributed by atoms with E-state index in [2.05, 4.69) is 5.32 Å². The van der Waals surface area contributed by atoms with Gasteiger partial charge >= 0.3 is 0 Å². The number of nitrogens with one attached hydrogen (secondary N) is 1. The van der Waals surface area contributed by atoms with Crippen LogP contribution in [0.2, 0.25) is 0 Å². The van der Waals surface area contributed by atoms with E-state index in [0.717, 1.165) is 32.1 Å². The van der Waals surface area contributed by atoms with Crippen LogP contribution in [0.3, 0.4) is 0 Å². The molecule has 42 heavy (non-hydrogen) atoms. The Labute approximate surface area is 248 Å². The lowest BCUT2D eigenvalue weighted by Crippen LogP contribution is -2.53. The smallest absolute Gasteiger partial charge is 0.264 e. The fraction of sp³-hybridized carbons (Fsp3) is 0.235. The van der Waals surface area contributed by atoms with E-state index in [1.165, 1.54) is 24.1 Å². The van der Waals surface area contributed by atoms with Crippen LogP contribution >= 0.6 is 0 Å². The van der Waals surface area contributed by atoms with Gasteiger partial charge in [-0.2, -0.15) is 0 Å². The van der Waals surface area contributed by atoms with E-state index in [1.807, 2.05) is 81.4 Å². The second-order valence-corrected chi connectivity index (χ2v) is 12.2. The topological polar surface area (TPSA) is 86.8 Å². The Hall–Kier alpha value is -4.43. The zero-order valence-electron chi connectivity index (χ0n) is 24.4. The molecule has 1 N–H and O–H groups in total. The van der Waals surface area contributed by atoms with Gasteiger partial charge in [0, 0.05) is 20.0 Å². The van der Waals surface area contributed by atoms with Crippen LogP contribution in [0, 0.1) is 20.8 Å². The number of carbonyl (C=O) groups excluding carboxylic acids is 2. The van der Waals surface area contributed by atoms with Crippen LogP contribution in [-0.4, -0.2) is 44.8 Å². The molecule has 0 aromatic heterocycles. The number of carbonyl (C=O) groups is 2. The highest BCUT2D eigenvalue weighted by atomic mass is 32.2. The molecule has 0 spiro atoms. The molecule has 0 radical (unpaired) electrons. The fourth-order valence-corrected chi connectivity index (χ4v) is 6.25. The highest BCUT2D eigenvalue weighted by Gasteiger charge is 2.34. The molecule has 2 amide bonds. The Morgan fingerprint density at radius 3 is 2.00 bits per heavy atom. The van der Waals surface area contributed by atoms with Crippen LogP contribution in [0.4, 0.5) is 5.69 Å². The summed E-state index contributed by atoms with van der Waals surface area (Å²) in [7, 11) is -2.58. The van der Waals surface area contributed by atoms with E-state index in [4.69, 9.17) is 0 Å². The summed E-state index contributed by atoms with van der Waals surface area (Å²) < 4.78 is 29.2. The zero-order valence-corrected chi connectivity index (χ0v) is 25.3. The Morgan fingerprint density at radius 2 is 1.38 bits per heavy atom. The quantitative estimate of drug-likeness (QED) is 0.263. The number of hydrogen-bond donors (Lipinski definition) is 1. The van der Waals surface area contributed by atoms with Crippen molar-refractivity contribution < 1.29 is 18.0 Å². The molecule has 0 fully saturated rings. The van der Waals surface area contributed by atoms with Crippen molar-refractivity contribution in [3.8, 4) is 0 Å². The Bertz CT molecular complexity index is 1640. The summed E-state index contributed by atoms with van der Waals surface area (Å²) in [5.41, 5.74) is 5.01. The monoisotopic (exact) mass is 583 g/mol. The molecule has 0 unspecified atom stereocenters. The molecule has 4 aromatic rings. The minimum Gasteiger partial charge on any atom is -0.357 e. The molecule has 0 bridgehead atoms. The maximum absolute atomic E-state index is 14.4. The van der Waals surface area contributed by atoms with Gasteiger partial charge in [0.1, 0.15) is 12.6 Å². The molecule has 1 atom stereocenters. The molecule has 4 aromatic carbocycles. The van der Waals surface area contributed by atoms with Crippen LogP contribution in [0.1, 0.15) is 27.8 Å². The van der Waals surface area contributed by atoms with Crippen molar-refractivity contribution in [3.05, 3.63) is 131 Å². The maximum Gasteiger partial charge on any atom is 0.264 e. The fourth-order valence-electron chi connectivity index (χ4n) is 4.82. The van der Waals surface area contributed by atoms with Crippen molar-refractivity contribution in [3.63, 3.8) is 0 Å². The van der Waals surface area contributed by atoms with Crippen molar-refractivity contribution in [1.29, 1.82) is 0 Å². The number of nitrogens with zero attached hydrogens (tertiary/aromatic N) is 2. The van der Waals surface area contributed by atoms with Gasteiger partial charge in [0.25, 0.3) is 10.0 Å². The van der Waals surface area contributed by atoms with Gasteiger partial charge in [0.05, 0.1) is 10.6 Å². The van der Waals surface area contributed by atoms with Crippen LogP contribution < -0.4 is 9.62 Å². The number of sulfonamides is 1. The van der Waals surface area contributed by atoms with E-state index in [1.54, 1.807) is 30.3 Å². The third-order valence-corrected chi connectivity index (χ3v) is 9.30. The summed E-state index contributed by atoms with van der Waals surface area (Å²) in [6.07, 6.45) is 0.271. The number of likely N-dealkylation sites (N-methyl/N-ethyl adjacent to an activating group) is 1. The van der Waals surface area contributed by atoms with Crippen molar-refractivity contribution >= 4 is 27.5 Å². The predicted octanol–water partition coefficient (Wildman–Crippen LogP) is 5.19. The van der Waals surface area contributed by atoms with Gasteiger partial charge < -0.3 is 10.2 Å². The number of hydrogen-bond acceptors (Lipinski definition) is 4. The standard InChI is InChI=1S/C34H37N3O4S/c1-25-19-20-30(21-27(25)3)37(42(40,41)31-17-9-6-10-18-31)24-33(38)36(23-29-16-12-11-13-26(29)2)32(34(39)35-4)22-28-14-7-5-8-15-28/h5-21,32H,22-24H2,1-4H3,(H,35,39)/t32-/m0/s1. The highest BCUT2D eigenvalue weighted by molar-refractivity contribution is 7.92. The summed E-state index contributed by atoms with van der Waals surface area (Å²) in [5, 5.41) is 2.71. The van der Waals surface area contributed by atoms with Crippen molar-refractivity contribution in [1.82, 2.24) is 10.2 Å². The number of anilines is 1. The van der Waals surface area contributed by atoms with Crippen LogP contribution in [0.15, 0.2) is 108 Å². The first kappa shape index (κ1) is 30.5. The maximum atomic E-state index is 14.4. The van der Waals surface area contributed by atoms with Gasteiger partial charge in [-0.15, -0.1) is 0 Å². The molecular weight excluding hydrogens is 546 g/mol. The summed E-state index contributed by atoms with van der Waals surface area (Å²) in [6.45, 7) is 5.46. The normalized spacial score (nSPS) is 11.9. The average Bonchev–Trinajstić information content (AvgIpc) is 3.00. The van der Waals surface area contributed by atoms with Gasteiger partial charge in [-0.3, -0.25) is 13.9 Å². The SMILES string of the molecule is CNC(=O)[C@H](Cc1ccccc1)N(Cc1ccccc1C)C(=O)CN(c1ccc(C)c(C)c1)S(=O)(=O)c1ccccc1. The number of rotatable bonds is 11. The minimum absolute atomic E-state index is 0.0774. The second-order valence-electron chi connectivity index (χ2n) is 10.4. The predicted molar refractivity (Wildman–Crippen MR) is 167 cm³/mol. The largest absolute Gasteiger partial charge is 0.357 e. The van der Waals surface area contributed by atoms with E-state index >= 15 is 0 Å². The molecule has 0 aliphatic heterocycles. The van der Waals surface area contributed by atoms with Gasteiger partial charge in [0.15, 0.2) is 0 Å². The first-order chi connectivity index (χ1) is 20.1. The molecule has 7 nitrogen and oxygen atoms in total. The first-order valence-electron chi connectivity index (χ1n) is 13.9. The Balaban J connectivity index is 1.81. The number of aryl methyl sites for hydroxylation is 3. The van der Waals surface area contributed by atoms with E-state index in [0.29, 0.717) is 5.69 Å². The van der Waals surface area contributed by atoms with Gasteiger partial charge in [-0.05, 0) is 72.9 Å². The highest BCUT2D eigenvalue weighted by Crippen LogP contribution is 2.27. The lowest BCUT2D eigenvalue weighted by atomic mass is 10.0. The molecular formula is C34H37N3O4S. The second kappa shape index (κ2) is 13.5. The van der Waals surface area contributed by atoms with E-state index in [-0.39, 0.29) is 23.8 Å². The molecule has 4 rings (SSSR count). The van der Waals surface area contributed by atoms with Gasteiger partial charge in [-0.25, -0.2) is 8.42 Å². The van der Waals surface area contributed by atoms with Crippen molar-refractivity contribution in [2.75, 3.05) is 17.9 Å². The average molecular weight is 584 g/mol. The molecule has 0 saturated heterocycles. The lowest BCUT2D eigenvalue weighted by molar-refractivity contribution is -0.139. The van der Waals surface area contributed by atoms with E-state index in [9.17, 15) is 18.0 Å². The van der Waals surface area contributed by atoms with Gasteiger partial charge in [-0.1, -0.05) is 78.9 Å². The number of benzene rings is 4. The molecule has 0 heterocycles. The molecule has 0 aliphatic carbocycles. The van der Waals surface area contributed by atoms with Crippen molar-refractivity contribution in [2.24, 2.45) is 0 Å². The summed E-state index contributed by atoms with van der Waals surface area (Å²) in [5.74, 6) is -0.815. The van der Waals surface area contributed by atoms with E-state index < -0.39 is 28.5 Å². The van der Waals surface area contributed by atoms with Crippen LogP contribution in [-0.2, 0) is 32.6 Å². The van der Waals surface area contributed by atoms with Crippen molar-refractivity contribution in [2.45, 2.75) is 44.7 Å². The van der Waals surface area contributed by atoms with Crippen LogP contribution in [0.5, 0.6) is 0 Å². The number of amides is 2. The Kier molecular flexibility index (Phi) is 9.80. The lowest BCUT2D eigenvalue weighted by Gasteiger charge is -2.34. The molecule has 8 heteroatoms. The third-order valence-electron chi connectivity index (χ3n) is 7.51. The Morgan fingerprint density at radius 1 is 0.762 bits per heavy atom.